The van der Waals surface area contributed by atoms with Gasteiger partial charge in [0.1, 0.15) is 5.69 Å². The van der Waals surface area contributed by atoms with E-state index in [9.17, 15) is 15.2 Å². The van der Waals surface area contributed by atoms with E-state index in [0.29, 0.717) is 12.1 Å². The molecule has 0 fully saturated rings. The number of β-amino-alcohol motifs (C(OH)–C–C–N with tert-alkyl or cyclic N) is 1. The number of aryl methyl sites for hydroxylation is 1. The van der Waals surface area contributed by atoms with Crippen molar-refractivity contribution >= 4 is 17.2 Å². The number of anilines is 1. The largest absolute Gasteiger partial charge is 0.346 e. The van der Waals surface area contributed by atoms with Gasteiger partial charge < -0.3 is 5.11 Å². The predicted octanol–water partition coefficient (Wildman–Crippen LogP) is 3.55. The highest BCUT2D eigenvalue weighted by Gasteiger charge is 2.52. The van der Waals surface area contributed by atoms with Crippen molar-refractivity contribution in [1.29, 1.82) is 0 Å². The monoisotopic (exact) mass is 366 g/mol. The molecule has 6 heteroatoms. The summed E-state index contributed by atoms with van der Waals surface area (Å²) in [7, 11) is 0. The first-order valence-corrected chi connectivity index (χ1v) is 9.44. The Bertz CT molecular complexity index is 907. The molecule has 0 aliphatic carbocycles. The zero-order chi connectivity index (χ0) is 19.0. The van der Waals surface area contributed by atoms with Crippen molar-refractivity contribution in [3.05, 3.63) is 69.8 Å². The van der Waals surface area contributed by atoms with Crippen LogP contribution in [0.3, 0.4) is 0 Å². The normalized spacial score (nSPS) is 22.5. The van der Waals surface area contributed by atoms with E-state index in [-0.39, 0.29) is 5.69 Å². The highest BCUT2D eigenvalue weighted by Crippen LogP contribution is 2.36. The maximum absolute atomic E-state index is 11.7. The van der Waals surface area contributed by atoms with Gasteiger partial charge in [-0.1, -0.05) is 29.8 Å². The summed E-state index contributed by atoms with van der Waals surface area (Å²) in [4.78, 5) is 13.0. The van der Waals surface area contributed by atoms with Crippen LogP contribution in [0, 0.1) is 17.0 Å². The summed E-state index contributed by atoms with van der Waals surface area (Å²) in [5.74, 6) is 1.10. The van der Waals surface area contributed by atoms with E-state index in [1.807, 2.05) is 0 Å². The number of rotatable bonds is 3. The van der Waals surface area contributed by atoms with Crippen molar-refractivity contribution in [2.45, 2.75) is 38.3 Å². The number of nitro benzene ring substituents is 1. The average Bonchev–Trinajstić information content (AvgIpc) is 2.83. The number of amidine groups is 1. The maximum Gasteiger partial charge on any atom is 0.271 e. The van der Waals surface area contributed by atoms with Crippen LogP contribution in [0.1, 0.15) is 36.8 Å². The summed E-state index contributed by atoms with van der Waals surface area (Å²) in [6, 6.07) is 14.7. The molecule has 0 saturated carbocycles. The van der Waals surface area contributed by atoms with Crippen LogP contribution >= 0.6 is 0 Å². The van der Waals surface area contributed by atoms with Crippen LogP contribution < -0.4 is 4.90 Å². The zero-order valence-corrected chi connectivity index (χ0v) is 15.5. The van der Waals surface area contributed by atoms with E-state index in [2.05, 4.69) is 40.7 Å². The van der Waals surface area contributed by atoms with Crippen molar-refractivity contribution in [3.63, 3.8) is 0 Å². The minimum Gasteiger partial charge on any atom is -0.346 e. The van der Waals surface area contributed by atoms with E-state index < -0.39 is 10.6 Å². The summed E-state index contributed by atoms with van der Waals surface area (Å²) in [5, 5.41) is 22.9. The molecule has 6 nitrogen and oxygen atoms in total. The fourth-order valence-electron chi connectivity index (χ4n) is 4.15. The van der Waals surface area contributed by atoms with Gasteiger partial charge in [-0.05, 0) is 38.3 Å². The molecule has 27 heavy (non-hydrogen) atoms. The Morgan fingerprint density at radius 1 is 1.15 bits per heavy atom. The third-order valence-electron chi connectivity index (χ3n) is 5.60. The van der Waals surface area contributed by atoms with Crippen molar-refractivity contribution in [3.8, 4) is 0 Å². The molecule has 2 aromatic rings. The van der Waals surface area contributed by atoms with Crippen molar-refractivity contribution in [1.82, 2.24) is 0 Å². The van der Waals surface area contributed by atoms with E-state index in [1.54, 1.807) is 12.1 Å². The molecule has 0 aromatic heterocycles. The van der Waals surface area contributed by atoms with E-state index in [1.165, 1.54) is 17.7 Å². The fraction of sp³-hybridized carbons (Fsp3) is 0.381. The molecule has 2 aliphatic heterocycles. The highest BCUT2D eigenvalue weighted by atomic mass is 16.6. The second kappa shape index (κ2) is 6.78. The van der Waals surface area contributed by atoms with Crippen LogP contribution in [-0.2, 0) is 5.72 Å². The third kappa shape index (κ3) is 3.10. The zero-order valence-electron chi connectivity index (χ0n) is 15.5. The van der Waals surface area contributed by atoms with E-state index in [4.69, 9.17) is 0 Å². The van der Waals surface area contributed by atoms with Gasteiger partial charge in [0, 0.05) is 24.1 Å². The molecule has 0 saturated heterocycles. The quantitative estimate of drug-likeness (QED) is 0.512. The molecule has 1 N–H and O–H groups in total. The van der Waals surface area contributed by atoms with Crippen LogP contribution in [0.4, 0.5) is 11.4 Å². The van der Waals surface area contributed by atoms with Gasteiger partial charge in [0.05, 0.1) is 11.5 Å². The van der Waals surface area contributed by atoms with Crippen molar-refractivity contribution in [2.75, 3.05) is 18.0 Å². The average molecular weight is 366 g/mol. The first-order chi connectivity index (χ1) is 13.0. The van der Waals surface area contributed by atoms with Gasteiger partial charge in [-0.2, -0.15) is 0 Å². The molecule has 0 amide bonds. The Morgan fingerprint density at radius 2 is 1.93 bits per heavy atom. The van der Waals surface area contributed by atoms with Crippen molar-refractivity contribution in [2.24, 2.45) is 0 Å². The number of benzene rings is 2. The Hall–Kier alpha value is -2.73. The molecular formula is C21H24N3O3+. The lowest BCUT2D eigenvalue weighted by molar-refractivity contribution is -0.658. The Labute approximate surface area is 158 Å². The van der Waals surface area contributed by atoms with E-state index in [0.717, 1.165) is 43.8 Å². The summed E-state index contributed by atoms with van der Waals surface area (Å²) in [6.45, 7) is 3.17. The summed E-state index contributed by atoms with van der Waals surface area (Å²) < 4.78 is 2.05. The minimum atomic E-state index is -1.27. The lowest BCUT2D eigenvalue weighted by atomic mass is 10.0. The van der Waals surface area contributed by atoms with Crippen LogP contribution in [0.25, 0.3) is 0 Å². The Balaban J connectivity index is 1.81. The lowest BCUT2D eigenvalue weighted by Crippen LogP contribution is -2.41. The van der Waals surface area contributed by atoms with Crippen LogP contribution in [0.5, 0.6) is 0 Å². The number of nitro groups is 1. The maximum atomic E-state index is 11.7. The summed E-state index contributed by atoms with van der Waals surface area (Å²) in [6.07, 6.45) is 4.10. The lowest BCUT2D eigenvalue weighted by Gasteiger charge is -2.23. The number of hydrogen-bond donors (Lipinski definition) is 1. The topological polar surface area (TPSA) is 69.6 Å². The SMILES string of the molecule is Cc1ccc(N2C[C@@](O)(c3cccc([N+](=O)[O-])c3)[N+]3=C2CCCCC3)cc1. The van der Waals surface area contributed by atoms with Gasteiger partial charge in [0.15, 0.2) is 6.54 Å². The van der Waals surface area contributed by atoms with Gasteiger partial charge in [-0.15, -0.1) is 0 Å². The first-order valence-electron chi connectivity index (χ1n) is 9.44. The van der Waals surface area contributed by atoms with Gasteiger partial charge in [-0.25, -0.2) is 9.48 Å². The van der Waals surface area contributed by atoms with Gasteiger partial charge in [-0.3, -0.25) is 10.1 Å². The van der Waals surface area contributed by atoms with Crippen LogP contribution in [-0.4, -0.2) is 33.5 Å². The number of non-ortho nitro benzene ring substituents is 1. The highest BCUT2D eigenvalue weighted by molar-refractivity contribution is 5.95. The Morgan fingerprint density at radius 3 is 2.67 bits per heavy atom. The minimum absolute atomic E-state index is 0.00563. The summed E-state index contributed by atoms with van der Waals surface area (Å²) in [5.41, 5.74) is 1.55. The molecule has 4 rings (SSSR count). The van der Waals surface area contributed by atoms with Crippen LogP contribution in [0.15, 0.2) is 48.5 Å². The first kappa shape index (κ1) is 17.7. The van der Waals surface area contributed by atoms with E-state index >= 15 is 0 Å². The molecule has 140 valence electrons. The summed E-state index contributed by atoms with van der Waals surface area (Å²) >= 11 is 0. The van der Waals surface area contributed by atoms with Gasteiger partial charge in [0.25, 0.3) is 17.2 Å². The fourth-order valence-corrected chi connectivity index (χ4v) is 4.15. The van der Waals surface area contributed by atoms with Crippen LogP contribution in [0.2, 0.25) is 0 Å². The van der Waals surface area contributed by atoms with Crippen molar-refractivity contribution < 1.29 is 14.6 Å². The third-order valence-corrected chi connectivity index (χ3v) is 5.60. The molecule has 0 bridgehead atoms. The Kier molecular flexibility index (Phi) is 4.44. The van der Waals surface area contributed by atoms with Gasteiger partial charge >= 0.3 is 0 Å². The molecule has 0 radical (unpaired) electrons. The van der Waals surface area contributed by atoms with Gasteiger partial charge in [0.2, 0.25) is 0 Å². The molecule has 0 spiro atoms. The smallest absolute Gasteiger partial charge is 0.271 e. The number of aliphatic hydroxyl groups is 1. The second-order valence-electron chi connectivity index (χ2n) is 7.42. The molecule has 2 heterocycles. The molecular weight excluding hydrogens is 342 g/mol. The predicted molar refractivity (Wildman–Crippen MR) is 104 cm³/mol. The number of hydrogen-bond acceptors (Lipinski definition) is 4. The molecule has 1 atom stereocenters. The molecule has 0 unspecified atom stereocenters. The second-order valence-corrected chi connectivity index (χ2v) is 7.42. The standard InChI is InChI=1S/C21H24N3O3/c1-16-9-11-18(12-10-16)22-15-21(25,23-13-4-2-3-8-20(22)23)17-6-5-7-19(14-17)24(26)27/h5-7,9-12,14,25H,2-4,8,13,15H2,1H3/q+1/t21-/m1/s1. The molecule has 2 aliphatic rings. The number of nitrogens with zero attached hydrogens (tertiary/aromatic N) is 3. The molecule has 2 aromatic carbocycles.